The van der Waals surface area contributed by atoms with Gasteiger partial charge < -0.3 is 24.0 Å². The molecule has 3 aromatic rings. The van der Waals surface area contributed by atoms with Gasteiger partial charge in [0.25, 0.3) is 5.91 Å². The highest BCUT2D eigenvalue weighted by atomic mass is 16.7. The van der Waals surface area contributed by atoms with Crippen molar-refractivity contribution in [3.05, 3.63) is 83.4 Å². The zero-order chi connectivity index (χ0) is 26.6. The molecule has 3 aromatic carbocycles. The number of amides is 2. The first-order chi connectivity index (χ1) is 18.4. The van der Waals surface area contributed by atoms with Crippen molar-refractivity contribution < 1.29 is 23.8 Å². The summed E-state index contributed by atoms with van der Waals surface area (Å²) in [6.07, 6.45) is 1.80. The number of benzene rings is 3. The van der Waals surface area contributed by atoms with Crippen LogP contribution in [0.25, 0.3) is 11.1 Å². The maximum absolute atomic E-state index is 12.8. The zero-order valence-corrected chi connectivity index (χ0v) is 22.2. The normalized spacial score (nSPS) is 17.3. The molecule has 5 rings (SSSR count). The van der Waals surface area contributed by atoms with Gasteiger partial charge in [-0.15, -0.1) is 0 Å². The number of methoxy groups -OCH3 is 1. The summed E-state index contributed by atoms with van der Waals surface area (Å²) in [5.74, 6) is 2.02. The van der Waals surface area contributed by atoms with Crippen LogP contribution in [-0.2, 0) is 22.6 Å². The highest BCUT2D eigenvalue weighted by molar-refractivity contribution is 5.94. The van der Waals surface area contributed by atoms with Gasteiger partial charge in [-0.2, -0.15) is 0 Å². The summed E-state index contributed by atoms with van der Waals surface area (Å²) < 4.78 is 17.6. The Morgan fingerprint density at radius 3 is 2.29 bits per heavy atom. The third kappa shape index (κ3) is 5.68. The maximum atomic E-state index is 12.8. The Balaban J connectivity index is 1.15. The lowest BCUT2D eigenvalue weighted by atomic mass is 9.94. The molecule has 0 spiro atoms. The van der Waals surface area contributed by atoms with Crippen LogP contribution in [0.4, 0.5) is 0 Å². The van der Waals surface area contributed by atoms with Crippen molar-refractivity contribution in [2.45, 2.75) is 32.2 Å². The van der Waals surface area contributed by atoms with E-state index in [0.717, 1.165) is 46.6 Å². The van der Waals surface area contributed by atoms with E-state index < -0.39 is 0 Å². The highest BCUT2D eigenvalue weighted by Gasteiger charge is 2.33. The Morgan fingerprint density at radius 1 is 0.947 bits per heavy atom. The molecule has 1 unspecified atom stereocenters. The number of nitrogens with zero attached hydrogens (tertiary/aromatic N) is 2. The number of piperidine rings is 1. The first-order valence-electron chi connectivity index (χ1n) is 13.1. The topological polar surface area (TPSA) is 68.3 Å². The Kier molecular flexibility index (Phi) is 7.65. The number of hydrogen-bond acceptors (Lipinski definition) is 5. The summed E-state index contributed by atoms with van der Waals surface area (Å²) in [6, 6.07) is 21.4. The molecule has 2 aliphatic rings. The number of rotatable bonds is 6. The fourth-order valence-electron chi connectivity index (χ4n) is 5.06. The predicted octanol–water partition coefficient (Wildman–Crippen LogP) is 4.78. The average Bonchev–Trinajstić information content (AvgIpc) is 2.96. The lowest BCUT2D eigenvalue weighted by Crippen LogP contribution is -2.44. The van der Waals surface area contributed by atoms with Crippen LogP contribution in [-0.4, -0.2) is 62.2 Å². The molecule has 7 heteroatoms. The van der Waals surface area contributed by atoms with Gasteiger partial charge in [0.05, 0.1) is 20.1 Å². The van der Waals surface area contributed by atoms with Gasteiger partial charge in [-0.05, 0) is 65.9 Å². The Morgan fingerprint density at radius 2 is 1.63 bits per heavy atom. The molecule has 38 heavy (non-hydrogen) atoms. The van der Waals surface area contributed by atoms with E-state index in [0.29, 0.717) is 31.7 Å². The first-order valence-corrected chi connectivity index (χ1v) is 13.1. The van der Waals surface area contributed by atoms with E-state index in [2.05, 4.69) is 6.07 Å². The number of carbonyl (C=O) groups excluding carboxylic acids is 2. The van der Waals surface area contributed by atoms with Crippen molar-refractivity contribution in [1.82, 2.24) is 9.80 Å². The molecular weight excluding hydrogens is 480 g/mol. The lowest BCUT2D eigenvalue weighted by molar-refractivity contribution is -0.154. The van der Waals surface area contributed by atoms with Crippen LogP contribution in [0.2, 0.25) is 0 Å². The van der Waals surface area contributed by atoms with Crippen molar-refractivity contribution in [2.24, 2.45) is 5.92 Å². The summed E-state index contributed by atoms with van der Waals surface area (Å²) >= 11 is 0. The number of fused-ring (bicyclic) bond motifs is 1. The van der Waals surface area contributed by atoms with Gasteiger partial charge in [0.2, 0.25) is 12.2 Å². The molecular formula is C31H34N2O5. The molecule has 0 N–H and O–H groups in total. The number of ether oxygens (including phenoxy) is 3. The van der Waals surface area contributed by atoms with Crippen LogP contribution in [0.3, 0.4) is 0 Å². The largest absolute Gasteiger partial charge is 0.497 e. The van der Waals surface area contributed by atoms with Crippen LogP contribution in [0.5, 0.6) is 11.5 Å². The lowest BCUT2D eigenvalue weighted by Gasteiger charge is -2.37. The fraction of sp³-hybridized carbons (Fsp3) is 0.355. The van der Waals surface area contributed by atoms with E-state index >= 15 is 0 Å². The summed E-state index contributed by atoms with van der Waals surface area (Å²) in [5.41, 5.74) is 4.77. The van der Waals surface area contributed by atoms with Gasteiger partial charge in [-0.25, -0.2) is 0 Å². The second kappa shape index (κ2) is 11.3. The minimum Gasteiger partial charge on any atom is -0.497 e. The zero-order valence-electron chi connectivity index (χ0n) is 22.2. The molecule has 2 heterocycles. The highest BCUT2D eigenvalue weighted by Crippen LogP contribution is 2.35. The summed E-state index contributed by atoms with van der Waals surface area (Å²) in [6.45, 7) is 1.91. The standard InChI is InChI=1S/C31H34N2O5/c1-32(2)30(35)23-8-6-22(7-9-23)25-10-13-28-26(19-25)20-37-31(38-28)24-14-16-33(17-15-24)29(34)18-21-4-11-27(36-3)12-5-21/h4-13,19,24,31H,14-18,20H2,1-3H3. The summed E-state index contributed by atoms with van der Waals surface area (Å²) in [4.78, 5) is 28.5. The molecule has 1 atom stereocenters. The molecule has 2 amide bonds. The van der Waals surface area contributed by atoms with Crippen LogP contribution in [0.1, 0.15) is 34.3 Å². The second-order valence-corrected chi connectivity index (χ2v) is 10.1. The molecule has 0 aliphatic carbocycles. The number of carbonyl (C=O) groups is 2. The third-order valence-electron chi connectivity index (χ3n) is 7.37. The second-order valence-electron chi connectivity index (χ2n) is 10.1. The van der Waals surface area contributed by atoms with Gasteiger partial charge in [0.1, 0.15) is 11.5 Å². The van der Waals surface area contributed by atoms with E-state index in [-0.39, 0.29) is 24.0 Å². The smallest absolute Gasteiger partial charge is 0.253 e. The minimum absolute atomic E-state index is 0.0118. The van der Waals surface area contributed by atoms with Crippen molar-refractivity contribution in [2.75, 3.05) is 34.3 Å². The van der Waals surface area contributed by atoms with E-state index in [4.69, 9.17) is 14.2 Å². The Labute approximate surface area is 223 Å². The summed E-state index contributed by atoms with van der Waals surface area (Å²) in [7, 11) is 5.14. The van der Waals surface area contributed by atoms with E-state index in [9.17, 15) is 9.59 Å². The molecule has 0 aromatic heterocycles. The summed E-state index contributed by atoms with van der Waals surface area (Å²) in [5, 5.41) is 0. The first kappa shape index (κ1) is 25.8. The van der Waals surface area contributed by atoms with Crippen molar-refractivity contribution in [3.63, 3.8) is 0 Å². The average molecular weight is 515 g/mol. The minimum atomic E-state index is -0.302. The van der Waals surface area contributed by atoms with Gasteiger partial charge in [0, 0.05) is 44.2 Å². The molecule has 198 valence electrons. The SMILES string of the molecule is COc1ccc(CC(=O)N2CCC(C3OCc4cc(-c5ccc(C(=O)N(C)C)cc5)ccc4O3)CC2)cc1. The molecule has 0 bridgehead atoms. The third-order valence-corrected chi connectivity index (χ3v) is 7.37. The van der Waals surface area contributed by atoms with Crippen molar-refractivity contribution in [1.29, 1.82) is 0 Å². The van der Waals surface area contributed by atoms with Crippen LogP contribution >= 0.6 is 0 Å². The Bertz CT molecular complexity index is 1280. The monoisotopic (exact) mass is 514 g/mol. The van der Waals surface area contributed by atoms with Gasteiger partial charge in [0.15, 0.2) is 0 Å². The maximum Gasteiger partial charge on any atom is 0.253 e. The molecule has 1 saturated heterocycles. The van der Waals surface area contributed by atoms with Crippen LogP contribution in [0.15, 0.2) is 66.7 Å². The molecule has 0 saturated carbocycles. The van der Waals surface area contributed by atoms with Crippen LogP contribution < -0.4 is 9.47 Å². The van der Waals surface area contributed by atoms with Crippen molar-refractivity contribution >= 4 is 11.8 Å². The van der Waals surface area contributed by atoms with Crippen molar-refractivity contribution in [3.8, 4) is 22.6 Å². The van der Waals surface area contributed by atoms with E-state index in [1.54, 1.807) is 26.1 Å². The van der Waals surface area contributed by atoms with E-state index in [1.165, 1.54) is 0 Å². The number of likely N-dealkylation sites (tertiary alicyclic amines) is 1. The number of hydrogen-bond donors (Lipinski definition) is 0. The molecule has 1 fully saturated rings. The molecule has 2 aliphatic heterocycles. The van der Waals surface area contributed by atoms with Gasteiger partial charge in [-0.3, -0.25) is 9.59 Å². The predicted molar refractivity (Wildman–Crippen MR) is 145 cm³/mol. The van der Waals surface area contributed by atoms with Gasteiger partial charge >= 0.3 is 0 Å². The molecule has 0 radical (unpaired) electrons. The quantitative estimate of drug-likeness (QED) is 0.474. The van der Waals surface area contributed by atoms with Crippen LogP contribution in [0, 0.1) is 5.92 Å². The van der Waals surface area contributed by atoms with Gasteiger partial charge in [-0.1, -0.05) is 30.3 Å². The fourth-order valence-corrected chi connectivity index (χ4v) is 5.06. The van der Waals surface area contributed by atoms with E-state index in [1.807, 2.05) is 65.6 Å². The molecule has 7 nitrogen and oxygen atoms in total. The Hall–Kier alpha value is -3.84.